The van der Waals surface area contributed by atoms with E-state index in [0.717, 1.165) is 6.08 Å². The van der Waals surface area contributed by atoms with E-state index in [-0.39, 0.29) is 36.7 Å². The number of carboxylic acids is 1. The summed E-state index contributed by atoms with van der Waals surface area (Å²) in [5, 5.41) is 23.7. The summed E-state index contributed by atoms with van der Waals surface area (Å²) in [5.74, 6) is -3.09. The number of ketones is 1. The third kappa shape index (κ3) is 2.77. The van der Waals surface area contributed by atoms with Crippen molar-refractivity contribution in [3.63, 3.8) is 0 Å². The largest absolute Gasteiger partial charge is 0.479 e. The third-order valence-corrected chi connectivity index (χ3v) is 10.2. The van der Waals surface area contributed by atoms with Crippen molar-refractivity contribution < 1.29 is 37.8 Å². The van der Waals surface area contributed by atoms with Gasteiger partial charge in [0.05, 0.1) is 12.6 Å². The lowest BCUT2D eigenvalue weighted by molar-refractivity contribution is -0.276. The number of hydrogen-bond donors (Lipinski definition) is 2. The van der Waals surface area contributed by atoms with Crippen LogP contribution in [0.3, 0.4) is 0 Å². The van der Waals surface area contributed by atoms with E-state index in [1.807, 2.05) is 0 Å². The number of carbonyl (C=O) groups is 2. The smallest absolute Gasteiger partial charge is 0.339 e. The van der Waals surface area contributed by atoms with Crippen LogP contribution in [0.5, 0.6) is 0 Å². The standard InChI is InChI=1S/C26H28ClF2NO6/c1-23-6-5-14(31)8-18(23)19(28)9-17-16-7-13-11-30(12-15-3-4-21(27)35-15)36-26(13,22(33)34)24(16,2)10-20(32)25(17,23)29/h3-6,8,13,16-17,19-20,32H,7,9-12H2,1-2H3,(H,33,34)/t13-,16-,17-,19-,20-,23-,24-,25-,26-/m0/s1. The Bertz CT molecular complexity index is 1220. The number of aliphatic carboxylic acids is 1. The summed E-state index contributed by atoms with van der Waals surface area (Å²) >= 11 is 5.86. The van der Waals surface area contributed by atoms with Gasteiger partial charge in [0.15, 0.2) is 22.3 Å². The minimum absolute atomic E-state index is 0.0436. The van der Waals surface area contributed by atoms with Crippen molar-refractivity contribution in [3.05, 3.63) is 46.9 Å². The Kier molecular flexibility index (Phi) is 5.05. The van der Waals surface area contributed by atoms with Crippen LogP contribution in [0.1, 0.15) is 38.9 Å². The maximum absolute atomic E-state index is 17.3. The van der Waals surface area contributed by atoms with Gasteiger partial charge in [-0.05, 0) is 73.6 Å². The lowest BCUT2D eigenvalue weighted by Gasteiger charge is -2.62. The zero-order valence-electron chi connectivity index (χ0n) is 19.9. The first-order valence-electron chi connectivity index (χ1n) is 12.2. The molecule has 0 unspecified atom stereocenters. The van der Waals surface area contributed by atoms with E-state index in [0.29, 0.717) is 12.2 Å². The van der Waals surface area contributed by atoms with E-state index in [9.17, 15) is 19.8 Å². The van der Waals surface area contributed by atoms with Crippen LogP contribution in [0.25, 0.3) is 0 Å². The average Bonchev–Trinajstić information content (AvgIpc) is 3.44. The highest BCUT2D eigenvalue weighted by atomic mass is 35.5. The lowest BCUT2D eigenvalue weighted by atomic mass is 9.44. The van der Waals surface area contributed by atoms with E-state index in [4.69, 9.17) is 20.9 Å². The molecule has 7 nitrogen and oxygen atoms in total. The highest BCUT2D eigenvalue weighted by molar-refractivity contribution is 6.28. The van der Waals surface area contributed by atoms with Gasteiger partial charge >= 0.3 is 5.97 Å². The molecular formula is C26H28ClF2NO6. The van der Waals surface area contributed by atoms with Crippen LogP contribution >= 0.6 is 11.6 Å². The first kappa shape index (κ1) is 24.3. The highest BCUT2D eigenvalue weighted by Crippen LogP contribution is 2.72. The number of nitrogens with zero attached hydrogens (tertiary/aromatic N) is 1. The maximum atomic E-state index is 17.3. The van der Waals surface area contributed by atoms with Gasteiger partial charge in [0.2, 0.25) is 0 Å². The number of carboxylic acid groups (broad SMARTS) is 1. The SMILES string of the molecule is C[C@]12C=CC(=O)C=C1[C@@H](F)C[C@H]1[C@@H]3C[C@H]4CN(Cc5ccc(Cl)o5)O[C@@]4(C(=O)O)[C@@]3(C)C[C@H](O)[C@@]12F. The Morgan fingerprint density at radius 1 is 1.28 bits per heavy atom. The first-order valence-corrected chi connectivity index (χ1v) is 12.6. The van der Waals surface area contributed by atoms with Crippen LogP contribution in [0.2, 0.25) is 5.22 Å². The van der Waals surface area contributed by atoms with Gasteiger partial charge < -0.3 is 14.6 Å². The van der Waals surface area contributed by atoms with Crippen molar-refractivity contribution >= 4 is 23.4 Å². The van der Waals surface area contributed by atoms with Crippen LogP contribution in [0.15, 0.2) is 40.4 Å². The van der Waals surface area contributed by atoms with E-state index in [1.54, 1.807) is 19.1 Å². The van der Waals surface area contributed by atoms with E-state index < -0.39 is 63.9 Å². The minimum Gasteiger partial charge on any atom is -0.479 e. The lowest BCUT2D eigenvalue weighted by Crippen LogP contribution is -2.70. The van der Waals surface area contributed by atoms with Gasteiger partial charge in [-0.3, -0.25) is 9.63 Å². The van der Waals surface area contributed by atoms with Gasteiger partial charge in [0.25, 0.3) is 0 Å². The summed E-state index contributed by atoms with van der Waals surface area (Å²) in [6.07, 6.45) is 0.505. The van der Waals surface area contributed by atoms with Crippen molar-refractivity contribution in [1.29, 1.82) is 0 Å². The zero-order valence-corrected chi connectivity index (χ0v) is 20.7. The number of halogens is 3. The van der Waals surface area contributed by atoms with E-state index in [1.165, 1.54) is 24.1 Å². The van der Waals surface area contributed by atoms with Gasteiger partial charge in [0.1, 0.15) is 11.9 Å². The molecule has 0 aromatic carbocycles. The van der Waals surface area contributed by atoms with Crippen molar-refractivity contribution in [1.82, 2.24) is 5.06 Å². The van der Waals surface area contributed by atoms with Crippen molar-refractivity contribution in [2.45, 2.75) is 63.2 Å². The average molecular weight is 524 g/mol. The third-order valence-electron chi connectivity index (χ3n) is 9.96. The molecule has 4 fully saturated rings. The summed E-state index contributed by atoms with van der Waals surface area (Å²) in [7, 11) is 0. The molecule has 10 heteroatoms. The summed E-state index contributed by atoms with van der Waals surface area (Å²) in [6.45, 7) is 3.69. The topological polar surface area (TPSA) is 100 Å². The maximum Gasteiger partial charge on any atom is 0.339 e. The Morgan fingerprint density at radius 3 is 2.69 bits per heavy atom. The number of hydroxylamine groups is 2. The van der Waals surface area contributed by atoms with Crippen molar-refractivity contribution in [3.8, 4) is 0 Å². The molecule has 36 heavy (non-hydrogen) atoms. The molecule has 1 saturated heterocycles. The molecule has 0 bridgehead atoms. The molecule has 9 atom stereocenters. The van der Waals surface area contributed by atoms with Gasteiger partial charge in [-0.25, -0.2) is 13.6 Å². The van der Waals surface area contributed by atoms with Gasteiger partial charge in [-0.15, -0.1) is 0 Å². The molecular weight excluding hydrogens is 496 g/mol. The molecule has 5 aliphatic rings. The molecule has 1 aromatic rings. The fraction of sp³-hybridized carbons (Fsp3) is 0.615. The summed E-state index contributed by atoms with van der Waals surface area (Å²) in [4.78, 5) is 31.1. The second kappa shape index (κ2) is 7.49. The molecule has 3 saturated carbocycles. The van der Waals surface area contributed by atoms with Crippen LogP contribution in [0.4, 0.5) is 8.78 Å². The van der Waals surface area contributed by atoms with Gasteiger partial charge in [-0.2, -0.15) is 5.06 Å². The van der Waals surface area contributed by atoms with Gasteiger partial charge in [0, 0.05) is 29.2 Å². The predicted molar refractivity (Wildman–Crippen MR) is 123 cm³/mol. The number of rotatable bonds is 3. The molecule has 2 heterocycles. The number of carbonyl (C=O) groups excluding carboxylic acids is 1. The van der Waals surface area contributed by atoms with Crippen LogP contribution < -0.4 is 0 Å². The second-order valence-corrected chi connectivity index (χ2v) is 11.8. The Labute approximate surface area is 211 Å². The first-order chi connectivity index (χ1) is 16.9. The van der Waals surface area contributed by atoms with Crippen molar-refractivity contribution in [2.24, 2.45) is 28.6 Å². The number of alkyl halides is 2. The molecule has 194 valence electrons. The molecule has 0 spiro atoms. The predicted octanol–water partition coefficient (Wildman–Crippen LogP) is 4.05. The summed E-state index contributed by atoms with van der Waals surface area (Å²) < 4.78 is 38.2. The molecule has 2 N–H and O–H groups in total. The molecule has 1 aromatic heterocycles. The fourth-order valence-electron chi connectivity index (χ4n) is 8.39. The number of furan rings is 1. The van der Waals surface area contributed by atoms with E-state index >= 15 is 8.78 Å². The summed E-state index contributed by atoms with van der Waals surface area (Å²) in [5.41, 5.74) is -6.60. The zero-order chi connectivity index (χ0) is 25.8. The second-order valence-electron chi connectivity index (χ2n) is 11.5. The highest BCUT2D eigenvalue weighted by Gasteiger charge is 2.80. The Hall–Kier alpha value is -2.07. The van der Waals surface area contributed by atoms with Crippen molar-refractivity contribution in [2.75, 3.05) is 6.54 Å². The number of hydrogen-bond acceptors (Lipinski definition) is 6. The number of aliphatic hydroxyl groups excluding tert-OH is 1. The number of aliphatic hydroxyl groups is 1. The minimum atomic E-state index is -2.26. The molecule has 6 rings (SSSR count). The van der Waals surface area contributed by atoms with E-state index in [2.05, 4.69) is 0 Å². The molecule has 4 aliphatic carbocycles. The Morgan fingerprint density at radius 2 is 2.03 bits per heavy atom. The quantitative estimate of drug-likeness (QED) is 0.616. The number of fused-ring (bicyclic) bond motifs is 7. The van der Waals surface area contributed by atoms with Crippen LogP contribution in [-0.4, -0.2) is 57.1 Å². The Balaban J connectivity index is 1.39. The molecule has 0 radical (unpaired) electrons. The van der Waals surface area contributed by atoms with Crippen LogP contribution in [-0.2, 0) is 21.0 Å². The molecule has 0 amide bonds. The number of allylic oxidation sites excluding steroid dienone is 4. The van der Waals surface area contributed by atoms with Gasteiger partial charge in [-0.1, -0.05) is 13.0 Å². The summed E-state index contributed by atoms with van der Waals surface area (Å²) in [6, 6.07) is 3.26. The van der Waals surface area contributed by atoms with Crippen LogP contribution in [0, 0.1) is 28.6 Å². The normalized spacial score (nSPS) is 47.7. The monoisotopic (exact) mass is 523 g/mol. The fourth-order valence-corrected chi connectivity index (χ4v) is 8.55. The molecule has 1 aliphatic heterocycles.